The van der Waals surface area contributed by atoms with Crippen LogP contribution >= 0.6 is 11.8 Å². The summed E-state index contributed by atoms with van der Waals surface area (Å²) in [6, 6.07) is 2.81. The van der Waals surface area contributed by atoms with Crippen molar-refractivity contribution in [3.05, 3.63) is 45.6 Å². The molecule has 2 aromatic rings. The van der Waals surface area contributed by atoms with Crippen LogP contribution in [0.15, 0.2) is 28.1 Å². The van der Waals surface area contributed by atoms with Gasteiger partial charge in [0.15, 0.2) is 5.03 Å². The van der Waals surface area contributed by atoms with Crippen LogP contribution in [0.4, 0.5) is 20.4 Å². The molecular formula is C11H9F2N5O2S. The number of anilines is 1. The predicted octanol–water partition coefficient (Wildman–Crippen LogP) is 2.41. The maximum Gasteiger partial charge on any atom is 0.322 e. The molecule has 0 radical (unpaired) electrons. The van der Waals surface area contributed by atoms with E-state index in [0.717, 1.165) is 18.2 Å². The van der Waals surface area contributed by atoms with Gasteiger partial charge in [-0.05, 0) is 25.1 Å². The molecule has 0 saturated heterocycles. The first-order valence-corrected chi connectivity index (χ1v) is 6.36. The molecule has 3 N–H and O–H groups in total. The lowest BCUT2D eigenvalue weighted by atomic mass is 10.3. The van der Waals surface area contributed by atoms with Crippen LogP contribution in [0.1, 0.15) is 5.69 Å². The molecule has 0 spiro atoms. The lowest BCUT2D eigenvalue weighted by Gasteiger charge is -2.07. The minimum Gasteiger partial charge on any atom is -0.292 e. The SMILES string of the molecule is Cc1nc(NN)nc(Sc2cc(F)ccc2F)c1[N+](=O)[O-]. The summed E-state index contributed by atoms with van der Waals surface area (Å²) in [5.41, 5.74) is 1.83. The Labute approximate surface area is 121 Å². The first kappa shape index (κ1) is 15.1. The van der Waals surface area contributed by atoms with Crippen molar-refractivity contribution in [3.63, 3.8) is 0 Å². The maximum absolute atomic E-state index is 13.6. The number of aryl methyl sites for hydroxylation is 1. The summed E-state index contributed by atoms with van der Waals surface area (Å²) in [5, 5.41) is 10.9. The smallest absolute Gasteiger partial charge is 0.292 e. The fraction of sp³-hybridized carbons (Fsp3) is 0.0909. The predicted molar refractivity (Wildman–Crippen MR) is 71.7 cm³/mol. The number of rotatable bonds is 4. The molecule has 2 rings (SSSR count). The van der Waals surface area contributed by atoms with Crippen LogP contribution in [0.25, 0.3) is 0 Å². The van der Waals surface area contributed by atoms with E-state index < -0.39 is 16.6 Å². The van der Waals surface area contributed by atoms with Crippen molar-refractivity contribution in [2.24, 2.45) is 5.84 Å². The number of halogens is 2. The Kier molecular flexibility index (Phi) is 4.29. The van der Waals surface area contributed by atoms with Crippen molar-refractivity contribution in [3.8, 4) is 0 Å². The normalized spacial score (nSPS) is 10.5. The van der Waals surface area contributed by atoms with Crippen molar-refractivity contribution in [2.75, 3.05) is 5.43 Å². The molecule has 0 saturated carbocycles. The second kappa shape index (κ2) is 5.97. The van der Waals surface area contributed by atoms with Gasteiger partial charge in [0.05, 0.1) is 9.82 Å². The van der Waals surface area contributed by atoms with E-state index in [1.54, 1.807) is 0 Å². The Balaban J connectivity index is 2.54. The number of hydrogen-bond donors (Lipinski definition) is 2. The average Bonchev–Trinajstić information content (AvgIpc) is 2.41. The highest BCUT2D eigenvalue weighted by molar-refractivity contribution is 7.99. The van der Waals surface area contributed by atoms with Gasteiger partial charge in [-0.15, -0.1) is 0 Å². The molecule has 1 heterocycles. The third-order valence-corrected chi connectivity index (χ3v) is 3.45. The topological polar surface area (TPSA) is 107 Å². The quantitative estimate of drug-likeness (QED) is 0.386. The molecule has 0 aliphatic heterocycles. The zero-order valence-electron chi connectivity index (χ0n) is 10.6. The number of aromatic nitrogens is 2. The van der Waals surface area contributed by atoms with Crippen molar-refractivity contribution >= 4 is 23.4 Å². The first-order valence-electron chi connectivity index (χ1n) is 5.55. The largest absolute Gasteiger partial charge is 0.322 e. The monoisotopic (exact) mass is 313 g/mol. The summed E-state index contributed by atoms with van der Waals surface area (Å²) in [6.07, 6.45) is 0. The van der Waals surface area contributed by atoms with Gasteiger partial charge in [0, 0.05) is 0 Å². The Morgan fingerprint density at radius 2 is 2.10 bits per heavy atom. The number of nitrogens with two attached hydrogens (primary N) is 1. The minimum atomic E-state index is -0.714. The Morgan fingerprint density at radius 3 is 2.71 bits per heavy atom. The molecule has 0 aliphatic carbocycles. The molecule has 0 unspecified atom stereocenters. The molecule has 7 nitrogen and oxygen atoms in total. The van der Waals surface area contributed by atoms with E-state index in [-0.39, 0.29) is 27.3 Å². The van der Waals surface area contributed by atoms with Gasteiger partial charge in [-0.1, -0.05) is 11.8 Å². The lowest BCUT2D eigenvalue weighted by molar-refractivity contribution is -0.389. The fourth-order valence-electron chi connectivity index (χ4n) is 1.55. The fourth-order valence-corrected chi connectivity index (χ4v) is 2.54. The molecule has 0 bridgehead atoms. The molecule has 1 aromatic heterocycles. The number of nitro groups is 1. The molecule has 0 fully saturated rings. The van der Waals surface area contributed by atoms with Gasteiger partial charge in [-0.3, -0.25) is 15.5 Å². The summed E-state index contributed by atoms with van der Waals surface area (Å²) in [6.45, 7) is 1.40. The van der Waals surface area contributed by atoms with E-state index in [1.807, 2.05) is 0 Å². The van der Waals surface area contributed by atoms with Crippen LogP contribution in [-0.4, -0.2) is 14.9 Å². The number of nitrogens with zero attached hydrogens (tertiary/aromatic N) is 3. The number of nitrogens with one attached hydrogen (secondary N) is 1. The third kappa shape index (κ3) is 3.23. The van der Waals surface area contributed by atoms with Gasteiger partial charge in [-0.2, -0.15) is 4.98 Å². The van der Waals surface area contributed by atoms with E-state index in [1.165, 1.54) is 6.92 Å². The second-order valence-corrected chi connectivity index (χ2v) is 4.90. The van der Waals surface area contributed by atoms with Gasteiger partial charge in [0.25, 0.3) is 0 Å². The van der Waals surface area contributed by atoms with E-state index >= 15 is 0 Å². The number of nitrogen functional groups attached to an aromatic ring is 1. The number of hydrogen-bond acceptors (Lipinski definition) is 7. The Bertz CT molecular complexity index is 713. The second-order valence-electron chi connectivity index (χ2n) is 3.86. The minimum absolute atomic E-state index is 0.0576. The van der Waals surface area contributed by atoms with Gasteiger partial charge in [0.2, 0.25) is 5.95 Å². The van der Waals surface area contributed by atoms with E-state index in [9.17, 15) is 18.9 Å². The van der Waals surface area contributed by atoms with Crippen LogP contribution in [0.5, 0.6) is 0 Å². The third-order valence-electron chi connectivity index (χ3n) is 2.44. The maximum atomic E-state index is 13.6. The molecule has 0 atom stereocenters. The highest BCUT2D eigenvalue weighted by Gasteiger charge is 2.24. The Hall–Kier alpha value is -2.33. The molecule has 110 valence electrons. The van der Waals surface area contributed by atoms with Crippen molar-refractivity contribution in [1.82, 2.24) is 9.97 Å². The van der Waals surface area contributed by atoms with E-state index in [2.05, 4.69) is 15.4 Å². The highest BCUT2D eigenvalue weighted by Crippen LogP contribution is 2.36. The van der Waals surface area contributed by atoms with Crippen molar-refractivity contribution in [2.45, 2.75) is 16.8 Å². The summed E-state index contributed by atoms with van der Waals surface area (Å²) in [4.78, 5) is 17.9. The molecule has 21 heavy (non-hydrogen) atoms. The van der Waals surface area contributed by atoms with Gasteiger partial charge in [-0.25, -0.2) is 19.6 Å². The van der Waals surface area contributed by atoms with Crippen LogP contribution in [0.2, 0.25) is 0 Å². The average molecular weight is 313 g/mol. The van der Waals surface area contributed by atoms with E-state index in [4.69, 9.17) is 5.84 Å². The lowest BCUT2D eigenvalue weighted by Crippen LogP contribution is -2.12. The Morgan fingerprint density at radius 1 is 1.38 bits per heavy atom. The van der Waals surface area contributed by atoms with Crippen molar-refractivity contribution < 1.29 is 13.7 Å². The molecule has 0 amide bonds. The van der Waals surface area contributed by atoms with Gasteiger partial charge >= 0.3 is 5.69 Å². The standard InChI is InChI=1S/C11H9F2N5O2S/c1-5-9(18(19)20)10(16-11(15-5)17-14)21-8-4-6(12)2-3-7(8)13/h2-4H,14H2,1H3,(H,15,16,17). The van der Waals surface area contributed by atoms with Gasteiger partial charge < -0.3 is 0 Å². The molecular weight excluding hydrogens is 304 g/mol. The van der Waals surface area contributed by atoms with Crippen LogP contribution < -0.4 is 11.3 Å². The molecule has 1 aromatic carbocycles. The summed E-state index contributed by atoms with van der Waals surface area (Å²) >= 11 is 0.624. The summed E-state index contributed by atoms with van der Waals surface area (Å²) in [7, 11) is 0. The number of benzene rings is 1. The molecule has 0 aliphatic rings. The zero-order valence-corrected chi connectivity index (χ0v) is 11.4. The summed E-state index contributed by atoms with van der Waals surface area (Å²) < 4.78 is 26.8. The van der Waals surface area contributed by atoms with Crippen LogP contribution in [-0.2, 0) is 0 Å². The highest BCUT2D eigenvalue weighted by atomic mass is 32.2. The zero-order chi connectivity index (χ0) is 15.6. The first-order chi connectivity index (χ1) is 9.92. The van der Waals surface area contributed by atoms with Crippen LogP contribution in [0, 0.1) is 28.7 Å². The van der Waals surface area contributed by atoms with E-state index in [0.29, 0.717) is 11.8 Å². The van der Waals surface area contributed by atoms with Gasteiger partial charge in [0.1, 0.15) is 17.3 Å². The van der Waals surface area contributed by atoms with Crippen LogP contribution in [0.3, 0.4) is 0 Å². The summed E-state index contributed by atoms with van der Waals surface area (Å²) in [5.74, 6) is 3.74. The number of hydrazine groups is 1. The van der Waals surface area contributed by atoms with Crippen molar-refractivity contribution in [1.29, 1.82) is 0 Å². The molecule has 10 heteroatoms.